The van der Waals surface area contributed by atoms with Crippen LogP contribution >= 0.6 is 34.8 Å². The monoisotopic (exact) mass is 514 g/mol. The Morgan fingerprint density at radius 3 is 2.29 bits per heavy atom. The highest BCUT2D eigenvalue weighted by atomic mass is 35.5. The molecule has 172 valence electrons. The Morgan fingerprint density at radius 1 is 0.794 bits per heavy atom. The van der Waals surface area contributed by atoms with Gasteiger partial charge in [0, 0.05) is 31.8 Å². The third-order valence-corrected chi connectivity index (χ3v) is 5.89. The molecule has 1 aromatic heterocycles. The first-order valence-electron chi connectivity index (χ1n) is 9.98. The van der Waals surface area contributed by atoms with Crippen molar-refractivity contribution in [3.05, 3.63) is 93.1 Å². The SMILES string of the molecule is Cc1c(Cl)cccc1NC(=O)C(=O)Nn1c(C(=O)Nc2cccc(Cl)c2)cc2cc(Cl)ccc21. The van der Waals surface area contributed by atoms with Crippen LogP contribution in [0.3, 0.4) is 0 Å². The molecule has 0 aliphatic heterocycles. The second-order valence-corrected chi connectivity index (χ2v) is 8.62. The minimum absolute atomic E-state index is 0.0809. The number of hydrogen-bond acceptors (Lipinski definition) is 3. The number of rotatable bonds is 4. The first kappa shape index (κ1) is 23.6. The number of carbonyl (C=O) groups excluding carboxylic acids is 3. The zero-order valence-corrected chi connectivity index (χ0v) is 19.9. The van der Waals surface area contributed by atoms with Gasteiger partial charge in [-0.05, 0) is 67.1 Å². The minimum Gasteiger partial charge on any atom is -0.321 e. The van der Waals surface area contributed by atoms with Gasteiger partial charge in [-0.3, -0.25) is 19.8 Å². The predicted octanol–water partition coefficient (Wildman–Crippen LogP) is 5.87. The molecule has 0 radical (unpaired) electrons. The highest BCUT2D eigenvalue weighted by Gasteiger charge is 2.22. The Bertz CT molecular complexity index is 1450. The lowest BCUT2D eigenvalue weighted by Crippen LogP contribution is -2.36. The Labute approximate surface area is 209 Å². The predicted molar refractivity (Wildman–Crippen MR) is 136 cm³/mol. The molecule has 3 N–H and O–H groups in total. The van der Waals surface area contributed by atoms with Crippen molar-refractivity contribution >= 4 is 74.8 Å². The van der Waals surface area contributed by atoms with Crippen LogP contribution in [-0.4, -0.2) is 22.4 Å². The summed E-state index contributed by atoms with van der Waals surface area (Å²) >= 11 is 18.2. The highest BCUT2D eigenvalue weighted by molar-refractivity contribution is 6.43. The fraction of sp³-hybridized carbons (Fsp3) is 0.0417. The van der Waals surface area contributed by atoms with Crippen molar-refractivity contribution in [2.75, 3.05) is 16.1 Å². The van der Waals surface area contributed by atoms with Crippen LogP contribution in [0.25, 0.3) is 10.9 Å². The van der Waals surface area contributed by atoms with Crippen LogP contribution in [0.1, 0.15) is 16.1 Å². The third kappa shape index (κ3) is 5.02. The molecule has 0 fully saturated rings. The fourth-order valence-corrected chi connectivity index (χ4v) is 3.85. The number of halogens is 3. The first-order valence-corrected chi connectivity index (χ1v) is 11.1. The Morgan fingerprint density at radius 2 is 1.53 bits per heavy atom. The molecule has 0 unspecified atom stereocenters. The van der Waals surface area contributed by atoms with E-state index in [2.05, 4.69) is 16.1 Å². The van der Waals surface area contributed by atoms with Gasteiger partial charge in [0.1, 0.15) is 5.69 Å². The number of benzene rings is 3. The van der Waals surface area contributed by atoms with E-state index in [0.717, 1.165) is 0 Å². The maximum Gasteiger partial charge on any atom is 0.328 e. The highest BCUT2D eigenvalue weighted by Crippen LogP contribution is 2.25. The number of nitrogens with zero attached hydrogens (tertiary/aromatic N) is 1. The summed E-state index contributed by atoms with van der Waals surface area (Å²) < 4.78 is 1.23. The quantitative estimate of drug-likeness (QED) is 0.297. The molecule has 1 heterocycles. The molecule has 7 nitrogen and oxygen atoms in total. The van der Waals surface area contributed by atoms with E-state index in [1.54, 1.807) is 73.7 Å². The maximum atomic E-state index is 13.1. The van der Waals surface area contributed by atoms with E-state index < -0.39 is 17.7 Å². The lowest BCUT2D eigenvalue weighted by atomic mass is 10.2. The van der Waals surface area contributed by atoms with Crippen molar-refractivity contribution < 1.29 is 14.4 Å². The zero-order valence-electron chi connectivity index (χ0n) is 17.7. The van der Waals surface area contributed by atoms with Gasteiger partial charge in [0.05, 0.1) is 5.52 Å². The van der Waals surface area contributed by atoms with E-state index in [0.29, 0.717) is 42.9 Å². The number of anilines is 2. The van der Waals surface area contributed by atoms with Crippen molar-refractivity contribution in [1.82, 2.24) is 4.68 Å². The van der Waals surface area contributed by atoms with E-state index in [9.17, 15) is 14.4 Å². The van der Waals surface area contributed by atoms with E-state index in [1.165, 1.54) is 4.68 Å². The minimum atomic E-state index is -0.983. The summed E-state index contributed by atoms with van der Waals surface area (Å²) in [6.07, 6.45) is 0. The second-order valence-electron chi connectivity index (χ2n) is 7.34. The van der Waals surface area contributed by atoms with E-state index in [-0.39, 0.29) is 5.69 Å². The average Bonchev–Trinajstić information content (AvgIpc) is 3.14. The molecule has 4 rings (SSSR count). The smallest absolute Gasteiger partial charge is 0.321 e. The number of fused-ring (bicyclic) bond motifs is 1. The lowest BCUT2D eigenvalue weighted by molar-refractivity contribution is -0.133. The molecular formula is C24H17Cl3N4O3. The van der Waals surface area contributed by atoms with Crippen LogP contribution in [0, 0.1) is 6.92 Å². The summed E-state index contributed by atoms with van der Waals surface area (Å²) in [5.41, 5.74) is 4.52. The molecule has 3 aromatic carbocycles. The standard InChI is InChI=1S/C24H17Cl3N4O3/c1-13-18(27)6-3-7-19(13)29-23(33)24(34)30-31-20-9-8-16(26)10-14(20)11-21(31)22(32)28-17-5-2-4-15(25)12-17/h2-12H,1H3,(H,28,32)(H,29,33)(H,30,34). The van der Waals surface area contributed by atoms with Crippen LogP contribution in [0.2, 0.25) is 15.1 Å². The van der Waals surface area contributed by atoms with Crippen molar-refractivity contribution in [3.63, 3.8) is 0 Å². The fourth-order valence-electron chi connectivity index (χ4n) is 3.31. The van der Waals surface area contributed by atoms with Gasteiger partial charge in [-0.2, -0.15) is 0 Å². The summed E-state index contributed by atoms with van der Waals surface area (Å²) in [7, 11) is 0. The molecule has 0 aliphatic carbocycles. The zero-order chi connectivity index (χ0) is 24.4. The molecule has 0 saturated heterocycles. The van der Waals surface area contributed by atoms with Crippen molar-refractivity contribution in [2.24, 2.45) is 0 Å². The Kier molecular flexibility index (Phi) is 6.79. The van der Waals surface area contributed by atoms with Gasteiger partial charge < -0.3 is 10.6 Å². The summed E-state index contributed by atoms with van der Waals surface area (Å²) in [5.74, 6) is -2.44. The van der Waals surface area contributed by atoms with Crippen LogP contribution in [0.5, 0.6) is 0 Å². The van der Waals surface area contributed by atoms with Gasteiger partial charge in [0.15, 0.2) is 0 Å². The Hall–Kier alpha value is -3.52. The first-order chi connectivity index (χ1) is 16.2. The molecule has 34 heavy (non-hydrogen) atoms. The molecule has 10 heteroatoms. The number of nitrogens with one attached hydrogen (secondary N) is 3. The van der Waals surface area contributed by atoms with E-state index >= 15 is 0 Å². The van der Waals surface area contributed by atoms with Crippen molar-refractivity contribution in [3.8, 4) is 0 Å². The maximum absolute atomic E-state index is 13.1. The molecular weight excluding hydrogens is 499 g/mol. The summed E-state index contributed by atoms with van der Waals surface area (Å²) in [4.78, 5) is 38.4. The summed E-state index contributed by atoms with van der Waals surface area (Å²) in [6.45, 7) is 1.72. The molecule has 0 spiro atoms. The molecule has 3 amide bonds. The van der Waals surface area contributed by atoms with Crippen molar-refractivity contribution in [1.29, 1.82) is 0 Å². The van der Waals surface area contributed by atoms with Gasteiger partial charge in [0.2, 0.25) is 0 Å². The Balaban J connectivity index is 1.64. The van der Waals surface area contributed by atoms with E-state index in [1.807, 2.05) is 0 Å². The summed E-state index contributed by atoms with van der Waals surface area (Å²) in [5, 5.41) is 7.20. The largest absolute Gasteiger partial charge is 0.328 e. The molecule has 0 bridgehead atoms. The topological polar surface area (TPSA) is 92.2 Å². The van der Waals surface area contributed by atoms with Gasteiger partial charge in [-0.15, -0.1) is 0 Å². The second kappa shape index (κ2) is 9.77. The number of amides is 3. The average molecular weight is 516 g/mol. The molecule has 0 aliphatic rings. The lowest BCUT2D eigenvalue weighted by Gasteiger charge is -2.13. The van der Waals surface area contributed by atoms with Gasteiger partial charge in [-0.25, -0.2) is 4.68 Å². The molecule has 0 saturated carbocycles. The normalized spacial score (nSPS) is 10.7. The van der Waals surface area contributed by atoms with Crippen LogP contribution in [0.15, 0.2) is 66.7 Å². The number of carbonyl (C=O) groups is 3. The van der Waals surface area contributed by atoms with Crippen LogP contribution < -0.4 is 16.1 Å². The third-order valence-electron chi connectivity index (χ3n) is 5.01. The van der Waals surface area contributed by atoms with Crippen molar-refractivity contribution in [2.45, 2.75) is 6.92 Å². The van der Waals surface area contributed by atoms with Crippen LogP contribution in [-0.2, 0) is 9.59 Å². The molecule has 0 atom stereocenters. The number of hydrogen-bond donors (Lipinski definition) is 3. The number of aromatic nitrogens is 1. The van der Waals surface area contributed by atoms with E-state index in [4.69, 9.17) is 34.8 Å². The van der Waals surface area contributed by atoms with Gasteiger partial charge in [-0.1, -0.05) is 46.9 Å². The summed E-state index contributed by atoms with van der Waals surface area (Å²) in [6, 6.07) is 18.0. The molecule has 4 aromatic rings. The van der Waals surface area contributed by atoms with Crippen LogP contribution in [0.4, 0.5) is 11.4 Å². The van der Waals surface area contributed by atoms with Gasteiger partial charge in [0.25, 0.3) is 5.91 Å². The van der Waals surface area contributed by atoms with Gasteiger partial charge >= 0.3 is 11.8 Å².